The summed E-state index contributed by atoms with van der Waals surface area (Å²) in [6, 6.07) is 2.28. The molecule has 0 aromatic heterocycles. The first-order valence-electron chi connectivity index (χ1n) is 7.39. The summed E-state index contributed by atoms with van der Waals surface area (Å²) in [6.07, 6.45) is 8.62. The SMILES string of the molecule is CCC(CCC#N)CCC1CCC(C)C1(C)C. The summed E-state index contributed by atoms with van der Waals surface area (Å²) in [5.74, 6) is 2.57. The molecular formula is C16H29N. The van der Waals surface area contributed by atoms with Crippen LogP contribution in [0.3, 0.4) is 0 Å². The summed E-state index contributed by atoms with van der Waals surface area (Å²) in [5.41, 5.74) is 0.535. The first-order chi connectivity index (χ1) is 8.02. The fourth-order valence-electron chi connectivity index (χ4n) is 3.37. The van der Waals surface area contributed by atoms with Gasteiger partial charge in [0.1, 0.15) is 0 Å². The highest BCUT2D eigenvalue weighted by Crippen LogP contribution is 2.49. The summed E-state index contributed by atoms with van der Waals surface area (Å²) in [6.45, 7) is 9.58. The predicted octanol–water partition coefficient (Wildman–Crippen LogP) is 5.17. The van der Waals surface area contributed by atoms with E-state index < -0.39 is 0 Å². The van der Waals surface area contributed by atoms with Gasteiger partial charge < -0.3 is 0 Å². The predicted molar refractivity (Wildman–Crippen MR) is 73.5 cm³/mol. The Morgan fingerprint density at radius 3 is 2.47 bits per heavy atom. The van der Waals surface area contributed by atoms with Crippen LogP contribution in [0.4, 0.5) is 0 Å². The van der Waals surface area contributed by atoms with Crippen LogP contribution in [-0.2, 0) is 0 Å². The Bertz CT molecular complexity index is 261. The zero-order valence-corrected chi connectivity index (χ0v) is 12.1. The van der Waals surface area contributed by atoms with E-state index in [2.05, 4.69) is 33.8 Å². The van der Waals surface area contributed by atoms with Gasteiger partial charge >= 0.3 is 0 Å². The molecule has 3 unspecified atom stereocenters. The largest absolute Gasteiger partial charge is 0.198 e. The first kappa shape index (κ1) is 14.6. The number of nitriles is 1. The van der Waals surface area contributed by atoms with Crippen molar-refractivity contribution >= 4 is 0 Å². The molecule has 3 atom stereocenters. The molecule has 1 nitrogen and oxygen atoms in total. The Labute approximate surface area is 108 Å². The molecule has 0 radical (unpaired) electrons. The van der Waals surface area contributed by atoms with E-state index in [1.165, 1.54) is 32.1 Å². The molecule has 0 saturated heterocycles. The van der Waals surface area contributed by atoms with Crippen LogP contribution in [0.2, 0.25) is 0 Å². The average molecular weight is 235 g/mol. The third kappa shape index (κ3) is 3.73. The van der Waals surface area contributed by atoms with Gasteiger partial charge in [-0.15, -0.1) is 0 Å². The highest BCUT2D eigenvalue weighted by molar-refractivity contribution is 4.90. The molecule has 0 bridgehead atoms. The molecule has 0 aromatic rings. The van der Waals surface area contributed by atoms with Crippen molar-refractivity contribution in [3.63, 3.8) is 0 Å². The van der Waals surface area contributed by atoms with Gasteiger partial charge in [0.2, 0.25) is 0 Å². The molecule has 0 N–H and O–H groups in total. The van der Waals surface area contributed by atoms with Crippen LogP contribution in [-0.4, -0.2) is 0 Å². The molecule has 1 saturated carbocycles. The summed E-state index contributed by atoms with van der Waals surface area (Å²) in [7, 11) is 0. The molecule has 1 rings (SSSR count). The van der Waals surface area contributed by atoms with Crippen LogP contribution < -0.4 is 0 Å². The Balaban J connectivity index is 2.37. The zero-order valence-electron chi connectivity index (χ0n) is 12.1. The van der Waals surface area contributed by atoms with Crippen LogP contribution in [0.25, 0.3) is 0 Å². The molecular weight excluding hydrogens is 206 g/mol. The Morgan fingerprint density at radius 1 is 1.29 bits per heavy atom. The second-order valence-electron chi connectivity index (χ2n) is 6.55. The van der Waals surface area contributed by atoms with Gasteiger partial charge in [-0.2, -0.15) is 5.26 Å². The van der Waals surface area contributed by atoms with Crippen LogP contribution in [0.5, 0.6) is 0 Å². The monoisotopic (exact) mass is 235 g/mol. The van der Waals surface area contributed by atoms with E-state index in [-0.39, 0.29) is 0 Å². The number of hydrogen-bond acceptors (Lipinski definition) is 1. The standard InChI is InChI=1S/C16H29N/c1-5-14(7-6-12-17)9-11-15-10-8-13(2)16(15,3)4/h13-15H,5-11H2,1-4H3. The second-order valence-corrected chi connectivity index (χ2v) is 6.55. The normalized spacial score (nSPS) is 28.9. The lowest BCUT2D eigenvalue weighted by atomic mass is 9.73. The van der Waals surface area contributed by atoms with Crippen molar-refractivity contribution in [1.29, 1.82) is 5.26 Å². The maximum absolute atomic E-state index is 8.66. The lowest BCUT2D eigenvalue weighted by molar-refractivity contribution is 0.177. The van der Waals surface area contributed by atoms with Gasteiger partial charge in [-0.1, -0.05) is 40.5 Å². The van der Waals surface area contributed by atoms with E-state index in [0.717, 1.165) is 30.6 Å². The van der Waals surface area contributed by atoms with E-state index >= 15 is 0 Å². The quantitative estimate of drug-likeness (QED) is 0.623. The van der Waals surface area contributed by atoms with Crippen LogP contribution in [0, 0.1) is 34.5 Å². The van der Waals surface area contributed by atoms with Gasteiger partial charge in [0.05, 0.1) is 6.07 Å². The Kier molecular flexibility index (Phi) is 5.50. The summed E-state index contributed by atoms with van der Waals surface area (Å²) < 4.78 is 0. The van der Waals surface area contributed by atoms with Gasteiger partial charge in [0.15, 0.2) is 0 Å². The third-order valence-electron chi connectivity index (χ3n) is 5.44. The van der Waals surface area contributed by atoms with Gasteiger partial charge in [0, 0.05) is 6.42 Å². The van der Waals surface area contributed by atoms with Crippen molar-refractivity contribution in [2.45, 2.75) is 72.6 Å². The lowest BCUT2D eigenvalue weighted by Crippen LogP contribution is -2.23. The minimum Gasteiger partial charge on any atom is -0.198 e. The van der Waals surface area contributed by atoms with Crippen molar-refractivity contribution in [1.82, 2.24) is 0 Å². The van der Waals surface area contributed by atoms with E-state index in [0.29, 0.717) is 5.41 Å². The van der Waals surface area contributed by atoms with Crippen LogP contribution >= 0.6 is 0 Å². The summed E-state index contributed by atoms with van der Waals surface area (Å²) >= 11 is 0. The molecule has 1 aliphatic carbocycles. The molecule has 0 spiro atoms. The number of hydrogen-bond donors (Lipinski definition) is 0. The molecule has 0 amide bonds. The smallest absolute Gasteiger partial charge is 0.0621 e. The maximum atomic E-state index is 8.66. The van der Waals surface area contributed by atoms with E-state index in [4.69, 9.17) is 5.26 Å². The van der Waals surface area contributed by atoms with Gasteiger partial charge in [-0.05, 0) is 48.9 Å². The van der Waals surface area contributed by atoms with Gasteiger partial charge in [0.25, 0.3) is 0 Å². The van der Waals surface area contributed by atoms with Crippen molar-refractivity contribution in [3.05, 3.63) is 0 Å². The average Bonchev–Trinajstić information content (AvgIpc) is 2.55. The lowest BCUT2D eigenvalue weighted by Gasteiger charge is -2.32. The van der Waals surface area contributed by atoms with Crippen LogP contribution in [0.1, 0.15) is 72.6 Å². The Morgan fingerprint density at radius 2 is 2.00 bits per heavy atom. The first-order valence-corrected chi connectivity index (χ1v) is 7.39. The molecule has 0 aliphatic heterocycles. The van der Waals surface area contributed by atoms with Crippen molar-refractivity contribution in [2.24, 2.45) is 23.2 Å². The van der Waals surface area contributed by atoms with Gasteiger partial charge in [-0.3, -0.25) is 0 Å². The van der Waals surface area contributed by atoms with Crippen molar-refractivity contribution < 1.29 is 0 Å². The Hall–Kier alpha value is -0.510. The molecule has 0 heterocycles. The highest BCUT2D eigenvalue weighted by atomic mass is 14.4. The minimum atomic E-state index is 0.535. The topological polar surface area (TPSA) is 23.8 Å². The van der Waals surface area contributed by atoms with Crippen molar-refractivity contribution in [2.75, 3.05) is 0 Å². The fraction of sp³-hybridized carbons (Fsp3) is 0.938. The van der Waals surface area contributed by atoms with E-state index in [9.17, 15) is 0 Å². The molecule has 1 fully saturated rings. The minimum absolute atomic E-state index is 0.535. The van der Waals surface area contributed by atoms with Crippen molar-refractivity contribution in [3.8, 4) is 6.07 Å². The maximum Gasteiger partial charge on any atom is 0.0621 e. The number of rotatable bonds is 6. The van der Waals surface area contributed by atoms with E-state index in [1.807, 2.05) is 0 Å². The molecule has 0 aromatic carbocycles. The second kappa shape index (κ2) is 6.43. The summed E-state index contributed by atoms with van der Waals surface area (Å²) in [5, 5.41) is 8.66. The summed E-state index contributed by atoms with van der Waals surface area (Å²) in [4.78, 5) is 0. The highest BCUT2D eigenvalue weighted by Gasteiger charge is 2.39. The molecule has 98 valence electrons. The van der Waals surface area contributed by atoms with E-state index in [1.54, 1.807) is 0 Å². The zero-order chi connectivity index (χ0) is 12.9. The van der Waals surface area contributed by atoms with Crippen LogP contribution in [0.15, 0.2) is 0 Å². The fourth-order valence-corrected chi connectivity index (χ4v) is 3.37. The molecule has 17 heavy (non-hydrogen) atoms. The number of nitrogens with zero attached hydrogens (tertiary/aromatic N) is 1. The molecule has 1 aliphatic rings. The third-order valence-corrected chi connectivity index (χ3v) is 5.44. The van der Waals surface area contributed by atoms with Gasteiger partial charge in [-0.25, -0.2) is 0 Å². The molecule has 1 heteroatoms.